The fourth-order valence-electron chi connectivity index (χ4n) is 2.00. The molecule has 2 aromatic rings. The monoisotopic (exact) mass is 289 g/mol. The fraction of sp³-hybridized carbons (Fsp3) is 0.214. The second-order valence-electron chi connectivity index (χ2n) is 4.63. The number of hydrogen-bond donors (Lipinski definition) is 1. The summed E-state index contributed by atoms with van der Waals surface area (Å²) in [6.45, 7) is 1.72. The highest BCUT2D eigenvalue weighted by Crippen LogP contribution is 2.20. The molecule has 1 amide bonds. The summed E-state index contributed by atoms with van der Waals surface area (Å²) in [6, 6.07) is 7.81. The number of oxime groups is 1. The molecule has 0 saturated carbocycles. The van der Waals surface area contributed by atoms with Crippen molar-refractivity contribution < 1.29 is 18.5 Å². The van der Waals surface area contributed by atoms with E-state index in [0.29, 0.717) is 22.9 Å². The van der Waals surface area contributed by atoms with E-state index in [1.165, 1.54) is 6.07 Å². The van der Waals surface area contributed by atoms with Gasteiger partial charge < -0.3 is 14.7 Å². The molecule has 1 aromatic carbocycles. The van der Waals surface area contributed by atoms with E-state index in [1.54, 1.807) is 31.2 Å². The topological polar surface area (TPSA) is 76.7 Å². The Bertz CT molecular complexity index is 711. The van der Waals surface area contributed by atoms with Gasteiger partial charge in [-0.15, -0.1) is 0 Å². The highest BCUT2D eigenvalue weighted by Gasteiger charge is 2.30. The molecule has 1 aromatic heterocycles. The number of aryl methyl sites for hydroxylation is 1. The van der Waals surface area contributed by atoms with E-state index in [2.05, 4.69) is 15.6 Å². The standard InChI is InChI=1S/C14H12FN3O3/c1-8-6-13(18-20-8)16-14(19)12-7-11(17-21-12)9-4-2-3-5-10(9)15/h2-6,12H,7H2,1H3,(H,16,18,19)/t12-/m1/s1. The van der Waals surface area contributed by atoms with Crippen LogP contribution in [0.5, 0.6) is 0 Å². The molecular formula is C14H12FN3O3. The molecule has 0 fully saturated rings. The van der Waals surface area contributed by atoms with E-state index < -0.39 is 17.8 Å². The zero-order valence-electron chi connectivity index (χ0n) is 11.2. The summed E-state index contributed by atoms with van der Waals surface area (Å²) in [5.74, 6) is 0.0906. The van der Waals surface area contributed by atoms with Crippen molar-refractivity contribution in [2.24, 2.45) is 5.16 Å². The van der Waals surface area contributed by atoms with Gasteiger partial charge in [-0.05, 0) is 13.0 Å². The number of carbonyl (C=O) groups excluding carboxylic acids is 1. The lowest BCUT2D eigenvalue weighted by Crippen LogP contribution is -2.28. The molecule has 1 N–H and O–H groups in total. The third kappa shape index (κ3) is 2.76. The summed E-state index contributed by atoms with van der Waals surface area (Å²) < 4.78 is 18.5. The molecule has 21 heavy (non-hydrogen) atoms. The highest BCUT2D eigenvalue weighted by atomic mass is 19.1. The van der Waals surface area contributed by atoms with Gasteiger partial charge in [0.05, 0.1) is 5.71 Å². The Kier molecular flexibility index (Phi) is 3.39. The molecule has 1 aliphatic rings. The minimum Gasteiger partial charge on any atom is -0.382 e. The van der Waals surface area contributed by atoms with Crippen LogP contribution in [-0.4, -0.2) is 22.9 Å². The van der Waals surface area contributed by atoms with Crippen molar-refractivity contribution in [2.45, 2.75) is 19.4 Å². The van der Waals surface area contributed by atoms with Crippen molar-refractivity contribution in [2.75, 3.05) is 5.32 Å². The van der Waals surface area contributed by atoms with Crippen LogP contribution in [0.4, 0.5) is 10.2 Å². The second-order valence-corrected chi connectivity index (χ2v) is 4.63. The van der Waals surface area contributed by atoms with Crippen molar-refractivity contribution >= 4 is 17.4 Å². The number of carbonyl (C=O) groups is 1. The number of amides is 1. The largest absolute Gasteiger partial charge is 0.382 e. The molecule has 0 radical (unpaired) electrons. The maximum Gasteiger partial charge on any atom is 0.269 e. The van der Waals surface area contributed by atoms with Crippen LogP contribution in [0.25, 0.3) is 0 Å². The van der Waals surface area contributed by atoms with Gasteiger partial charge in [-0.2, -0.15) is 0 Å². The quantitative estimate of drug-likeness (QED) is 0.940. The number of hydrogen-bond acceptors (Lipinski definition) is 5. The molecule has 2 heterocycles. The Labute approximate surface area is 119 Å². The summed E-state index contributed by atoms with van der Waals surface area (Å²) in [6.07, 6.45) is -0.611. The number of halogens is 1. The molecule has 6 nitrogen and oxygen atoms in total. The summed E-state index contributed by atoms with van der Waals surface area (Å²) in [7, 11) is 0. The zero-order chi connectivity index (χ0) is 14.8. The van der Waals surface area contributed by atoms with Gasteiger partial charge in [0.2, 0.25) is 6.10 Å². The highest BCUT2D eigenvalue weighted by molar-refractivity contribution is 6.06. The Hall–Kier alpha value is -2.70. The first-order valence-electron chi connectivity index (χ1n) is 6.35. The van der Waals surface area contributed by atoms with Gasteiger partial charge in [0.1, 0.15) is 11.6 Å². The first-order valence-corrected chi connectivity index (χ1v) is 6.35. The predicted molar refractivity (Wildman–Crippen MR) is 72.3 cm³/mol. The van der Waals surface area contributed by atoms with Crippen LogP contribution in [0.2, 0.25) is 0 Å². The Morgan fingerprint density at radius 1 is 1.43 bits per heavy atom. The van der Waals surface area contributed by atoms with Crippen LogP contribution in [0.3, 0.4) is 0 Å². The average Bonchev–Trinajstić information content (AvgIpc) is 3.09. The van der Waals surface area contributed by atoms with E-state index >= 15 is 0 Å². The third-order valence-electron chi connectivity index (χ3n) is 3.03. The normalized spacial score (nSPS) is 17.2. The van der Waals surface area contributed by atoms with Gasteiger partial charge in [-0.1, -0.05) is 28.5 Å². The van der Waals surface area contributed by atoms with Crippen molar-refractivity contribution in [3.05, 3.63) is 47.5 Å². The SMILES string of the molecule is Cc1cc(NC(=O)[C@H]2CC(c3ccccc3F)=NO2)no1. The third-order valence-corrected chi connectivity index (χ3v) is 3.03. The van der Waals surface area contributed by atoms with Crippen LogP contribution in [0, 0.1) is 12.7 Å². The van der Waals surface area contributed by atoms with E-state index in [4.69, 9.17) is 9.36 Å². The van der Waals surface area contributed by atoms with E-state index in [1.807, 2.05) is 0 Å². The number of nitrogens with zero attached hydrogens (tertiary/aromatic N) is 2. The number of anilines is 1. The van der Waals surface area contributed by atoms with Gasteiger partial charge in [-0.3, -0.25) is 4.79 Å². The van der Waals surface area contributed by atoms with E-state index in [-0.39, 0.29) is 6.42 Å². The van der Waals surface area contributed by atoms with Crippen molar-refractivity contribution in [1.29, 1.82) is 0 Å². The lowest BCUT2D eigenvalue weighted by atomic mass is 10.0. The summed E-state index contributed by atoms with van der Waals surface area (Å²) in [5, 5.41) is 10.0. The van der Waals surface area contributed by atoms with Gasteiger partial charge in [0, 0.05) is 18.1 Å². The summed E-state index contributed by atoms with van der Waals surface area (Å²) in [5.41, 5.74) is 0.745. The van der Waals surface area contributed by atoms with Crippen molar-refractivity contribution in [3.63, 3.8) is 0 Å². The lowest BCUT2D eigenvalue weighted by Gasteiger charge is -2.06. The first-order chi connectivity index (χ1) is 10.1. The van der Waals surface area contributed by atoms with Crippen molar-refractivity contribution in [1.82, 2.24) is 5.16 Å². The second kappa shape index (κ2) is 5.35. The minimum absolute atomic E-state index is 0.198. The fourth-order valence-corrected chi connectivity index (χ4v) is 2.00. The van der Waals surface area contributed by atoms with E-state index in [9.17, 15) is 9.18 Å². The van der Waals surface area contributed by atoms with Crippen LogP contribution >= 0.6 is 0 Å². The van der Waals surface area contributed by atoms with Gasteiger partial charge in [-0.25, -0.2) is 4.39 Å². The molecule has 7 heteroatoms. The molecule has 0 aliphatic carbocycles. The average molecular weight is 289 g/mol. The lowest BCUT2D eigenvalue weighted by molar-refractivity contribution is -0.125. The number of nitrogens with one attached hydrogen (secondary N) is 1. The molecule has 0 unspecified atom stereocenters. The van der Waals surface area contributed by atoms with Crippen LogP contribution in [0.15, 0.2) is 40.0 Å². The molecule has 0 saturated heterocycles. The molecular weight excluding hydrogens is 277 g/mol. The van der Waals surface area contributed by atoms with E-state index in [0.717, 1.165) is 0 Å². The molecule has 0 spiro atoms. The molecule has 3 rings (SSSR count). The molecule has 1 atom stereocenters. The smallest absolute Gasteiger partial charge is 0.269 e. The molecule has 0 bridgehead atoms. The number of aromatic nitrogens is 1. The molecule has 1 aliphatic heterocycles. The number of rotatable bonds is 3. The minimum atomic E-state index is -0.809. The Balaban J connectivity index is 1.66. The Morgan fingerprint density at radius 2 is 2.24 bits per heavy atom. The zero-order valence-corrected chi connectivity index (χ0v) is 11.2. The first kappa shape index (κ1) is 13.3. The Morgan fingerprint density at radius 3 is 2.95 bits per heavy atom. The van der Waals surface area contributed by atoms with Crippen LogP contribution in [-0.2, 0) is 9.63 Å². The number of benzene rings is 1. The van der Waals surface area contributed by atoms with Gasteiger partial charge in [0.25, 0.3) is 5.91 Å². The maximum absolute atomic E-state index is 13.7. The van der Waals surface area contributed by atoms with Crippen LogP contribution in [0.1, 0.15) is 17.7 Å². The maximum atomic E-state index is 13.7. The predicted octanol–water partition coefficient (Wildman–Crippen LogP) is 2.25. The van der Waals surface area contributed by atoms with Crippen molar-refractivity contribution in [3.8, 4) is 0 Å². The molecule has 108 valence electrons. The van der Waals surface area contributed by atoms with Gasteiger partial charge >= 0.3 is 0 Å². The summed E-state index contributed by atoms with van der Waals surface area (Å²) >= 11 is 0. The summed E-state index contributed by atoms with van der Waals surface area (Å²) in [4.78, 5) is 17.1. The van der Waals surface area contributed by atoms with Gasteiger partial charge in [0.15, 0.2) is 5.82 Å². The van der Waals surface area contributed by atoms with Crippen LogP contribution < -0.4 is 5.32 Å².